The Morgan fingerprint density at radius 2 is 2.00 bits per heavy atom. The first kappa shape index (κ1) is 9.47. The maximum Gasteiger partial charge on any atom is 0.308 e. The van der Waals surface area contributed by atoms with E-state index in [9.17, 15) is 13.2 Å². The first-order valence-corrected chi connectivity index (χ1v) is 5.15. The van der Waals surface area contributed by atoms with Crippen molar-refractivity contribution in [2.45, 2.75) is 18.1 Å². The van der Waals surface area contributed by atoms with Crippen LogP contribution in [0.3, 0.4) is 0 Å². The molecule has 1 fully saturated rings. The predicted octanol–water partition coefficient (Wildman–Crippen LogP) is -0.774. The molecule has 6 heteroatoms. The lowest BCUT2D eigenvalue weighted by molar-refractivity contribution is -0.148. The molecule has 0 unspecified atom stereocenters. The average molecular weight is 193 g/mol. The fourth-order valence-electron chi connectivity index (χ4n) is 1.19. The highest BCUT2D eigenvalue weighted by molar-refractivity contribution is 7.89. The first-order valence-electron chi connectivity index (χ1n) is 3.54. The molecule has 0 aromatic rings. The van der Waals surface area contributed by atoms with E-state index in [1.54, 1.807) is 0 Å². The summed E-state index contributed by atoms with van der Waals surface area (Å²) in [5, 5.41) is 4.31. The molecule has 5 nitrogen and oxygen atoms in total. The molecule has 2 N–H and O–H groups in total. The smallest absolute Gasteiger partial charge is 0.308 e. The number of carbonyl (C=O) groups excluding carboxylic acids is 1. The van der Waals surface area contributed by atoms with Crippen molar-refractivity contribution in [3.05, 3.63) is 0 Å². The molecule has 0 saturated heterocycles. The molecule has 1 saturated carbocycles. The van der Waals surface area contributed by atoms with Crippen LogP contribution in [0.25, 0.3) is 0 Å². The third kappa shape index (κ3) is 1.75. The summed E-state index contributed by atoms with van der Waals surface area (Å²) in [6.45, 7) is 0. The molecule has 0 atom stereocenters. The van der Waals surface area contributed by atoms with Gasteiger partial charge in [-0.1, -0.05) is 0 Å². The zero-order valence-corrected chi connectivity index (χ0v) is 7.50. The van der Waals surface area contributed by atoms with E-state index in [0.29, 0.717) is 12.8 Å². The molecule has 0 heterocycles. The van der Waals surface area contributed by atoms with Gasteiger partial charge in [-0.3, -0.25) is 4.79 Å². The molecule has 1 rings (SSSR count). The Morgan fingerprint density at radius 1 is 1.50 bits per heavy atom. The van der Waals surface area contributed by atoms with Crippen molar-refractivity contribution in [3.63, 3.8) is 0 Å². The number of hydrogen-bond donors (Lipinski definition) is 1. The second kappa shape index (κ2) is 3.02. The standard InChI is InChI=1S/C6H11NO4S/c1-11-6(8)4-2-5(3-4)12(7,9)10/h4-5H,2-3H2,1H3,(H2,7,9,10)/t4-,5-. The lowest BCUT2D eigenvalue weighted by Gasteiger charge is -2.30. The molecule has 0 bridgehead atoms. The number of primary sulfonamides is 1. The van der Waals surface area contributed by atoms with Crippen LogP contribution in [0.5, 0.6) is 0 Å². The number of carbonyl (C=O) groups is 1. The van der Waals surface area contributed by atoms with Gasteiger partial charge in [0.1, 0.15) is 0 Å². The molecule has 0 aromatic heterocycles. The van der Waals surface area contributed by atoms with Crippen molar-refractivity contribution in [3.8, 4) is 0 Å². The monoisotopic (exact) mass is 193 g/mol. The zero-order chi connectivity index (χ0) is 9.35. The molecule has 0 radical (unpaired) electrons. The van der Waals surface area contributed by atoms with Crippen LogP contribution in [0.15, 0.2) is 0 Å². The molecular formula is C6H11NO4S. The predicted molar refractivity (Wildman–Crippen MR) is 41.6 cm³/mol. The molecular weight excluding hydrogens is 182 g/mol. The molecule has 12 heavy (non-hydrogen) atoms. The molecule has 0 aliphatic heterocycles. The van der Waals surface area contributed by atoms with Crippen LogP contribution in [-0.2, 0) is 19.6 Å². The van der Waals surface area contributed by atoms with Crippen LogP contribution in [-0.4, -0.2) is 26.7 Å². The van der Waals surface area contributed by atoms with Gasteiger partial charge in [0.15, 0.2) is 0 Å². The van der Waals surface area contributed by atoms with Gasteiger partial charge in [0.05, 0.1) is 18.3 Å². The van der Waals surface area contributed by atoms with E-state index < -0.39 is 15.3 Å². The van der Waals surface area contributed by atoms with Crippen LogP contribution < -0.4 is 5.14 Å². The Bertz CT molecular complexity index is 278. The zero-order valence-electron chi connectivity index (χ0n) is 6.69. The van der Waals surface area contributed by atoms with Crippen molar-refractivity contribution in [1.29, 1.82) is 0 Å². The second-order valence-corrected chi connectivity index (χ2v) is 4.75. The van der Waals surface area contributed by atoms with Gasteiger partial charge in [0.25, 0.3) is 0 Å². The second-order valence-electron chi connectivity index (χ2n) is 2.90. The van der Waals surface area contributed by atoms with Gasteiger partial charge in [-0.2, -0.15) is 0 Å². The van der Waals surface area contributed by atoms with Crippen molar-refractivity contribution in [2.75, 3.05) is 7.11 Å². The maximum atomic E-state index is 10.8. The number of sulfonamides is 1. The van der Waals surface area contributed by atoms with E-state index in [4.69, 9.17) is 5.14 Å². The van der Waals surface area contributed by atoms with Gasteiger partial charge in [-0.15, -0.1) is 0 Å². The van der Waals surface area contributed by atoms with Crippen molar-refractivity contribution in [2.24, 2.45) is 11.1 Å². The molecule has 0 aromatic carbocycles. The highest BCUT2D eigenvalue weighted by Gasteiger charge is 2.41. The summed E-state index contributed by atoms with van der Waals surface area (Å²) in [7, 11) is -2.16. The number of ether oxygens (including phenoxy) is 1. The first-order chi connectivity index (χ1) is 5.45. The normalized spacial score (nSPS) is 29.2. The van der Waals surface area contributed by atoms with Gasteiger partial charge in [-0.05, 0) is 12.8 Å². The average Bonchev–Trinajstić information content (AvgIpc) is 1.80. The SMILES string of the molecule is COC(=O)[C@H]1C[C@H](S(N)(=O)=O)C1. The number of nitrogens with two attached hydrogens (primary N) is 1. The third-order valence-corrected chi connectivity index (χ3v) is 3.41. The van der Waals surface area contributed by atoms with Gasteiger partial charge in [0.2, 0.25) is 10.0 Å². The molecule has 0 amide bonds. The highest BCUT2D eigenvalue weighted by Crippen LogP contribution is 2.32. The van der Waals surface area contributed by atoms with E-state index in [0.717, 1.165) is 0 Å². The Balaban J connectivity index is 2.44. The minimum Gasteiger partial charge on any atom is -0.469 e. The number of rotatable bonds is 2. The molecule has 1 aliphatic carbocycles. The van der Waals surface area contributed by atoms with Crippen LogP contribution in [0.2, 0.25) is 0 Å². The Morgan fingerprint density at radius 3 is 2.33 bits per heavy atom. The summed E-state index contributed by atoms with van der Waals surface area (Å²) >= 11 is 0. The quantitative estimate of drug-likeness (QED) is 0.583. The van der Waals surface area contributed by atoms with E-state index in [1.165, 1.54) is 7.11 Å². The van der Waals surface area contributed by atoms with E-state index in [2.05, 4.69) is 4.74 Å². The fourth-order valence-corrected chi connectivity index (χ4v) is 2.19. The van der Waals surface area contributed by atoms with Crippen LogP contribution in [0.4, 0.5) is 0 Å². The number of methoxy groups -OCH3 is 1. The van der Waals surface area contributed by atoms with Crippen molar-refractivity contribution < 1.29 is 17.9 Å². The van der Waals surface area contributed by atoms with Gasteiger partial charge in [-0.25, -0.2) is 13.6 Å². The lowest BCUT2D eigenvalue weighted by atomic mass is 9.85. The number of hydrogen-bond acceptors (Lipinski definition) is 4. The van der Waals surface area contributed by atoms with Gasteiger partial charge < -0.3 is 4.74 Å². The molecule has 70 valence electrons. The van der Waals surface area contributed by atoms with Crippen molar-refractivity contribution >= 4 is 16.0 Å². The van der Waals surface area contributed by atoms with Gasteiger partial charge >= 0.3 is 5.97 Å². The largest absolute Gasteiger partial charge is 0.469 e. The fraction of sp³-hybridized carbons (Fsp3) is 0.833. The summed E-state index contributed by atoms with van der Waals surface area (Å²) in [6.07, 6.45) is 0.594. The third-order valence-electron chi connectivity index (χ3n) is 2.09. The number of esters is 1. The summed E-state index contributed by atoms with van der Waals surface area (Å²) in [5.74, 6) is -0.631. The van der Waals surface area contributed by atoms with Crippen molar-refractivity contribution in [1.82, 2.24) is 0 Å². The minimum atomic E-state index is -3.45. The molecule has 1 aliphatic rings. The lowest BCUT2D eigenvalue weighted by Crippen LogP contribution is -2.43. The summed E-state index contributed by atoms with van der Waals surface area (Å²) in [5.41, 5.74) is 0. The summed E-state index contributed by atoms with van der Waals surface area (Å²) in [6, 6.07) is 0. The van der Waals surface area contributed by atoms with Gasteiger partial charge in [0, 0.05) is 0 Å². The minimum absolute atomic E-state index is 0.279. The molecule has 0 spiro atoms. The topological polar surface area (TPSA) is 86.5 Å². The Labute approximate surface area is 70.9 Å². The summed E-state index contributed by atoms with van der Waals surface area (Å²) in [4.78, 5) is 10.8. The van der Waals surface area contributed by atoms with E-state index in [-0.39, 0.29) is 11.9 Å². The highest BCUT2D eigenvalue weighted by atomic mass is 32.2. The Kier molecular flexibility index (Phi) is 2.39. The Hall–Kier alpha value is -0.620. The van der Waals surface area contributed by atoms with Crippen LogP contribution in [0, 0.1) is 5.92 Å². The van der Waals surface area contributed by atoms with E-state index >= 15 is 0 Å². The van der Waals surface area contributed by atoms with Crippen LogP contribution in [0.1, 0.15) is 12.8 Å². The maximum absolute atomic E-state index is 10.8. The van der Waals surface area contributed by atoms with Crippen LogP contribution >= 0.6 is 0 Å². The van der Waals surface area contributed by atoms with E-state index in [1.807, 2.05) is 0 Å². The summed E-state index contributed by atoms with van der Waals surface area (Å²) < 4.78 is 25.8.